The van der Waals surface area contributed by atoms with Gasteiger partial charge < -0.3 is 14.2 Å². The van der Waals surface area contributed by atoms with E-state index in [2.05, 4.69) is 6.58 Å². The minimum atomic E-state index is -0.781. The van der Waals surface area contributed by atoms with Crippen molar-refractivity contribution in [3.63, 3.8) is 0 Å². The molecule has 0 aromatic rings. The molecular weight excluding hydrogens is 216 g/mol. The first-order valence-electron chi connectivity index (χ1n) is 5.07. The van der Waals surface area contributed by atoms with Crippen molar-refractivity contribution in [3.05, 3.63) is 12.8 Å². The standard InChI is InChI=1S/C11H21ClO3/c1-6-13-8-11(5,14-9(2)3)15-10(4)7-12/h6,9-10H,1,7-8H2,2-5H3. The third kappa shape index (κ3) is 6.77. The van der Waals surface area contributed by atoms with Crippen LogP contribution in [0.15, 0.2) is 12.8 Å². The van der Waals surface area contributed by atoms with Crippen LogP contribution in [0.25, 0.3) is 0 Å². The summed E-state index contributed by atoms with van der Waals surface area (Å²) in [5, 5.41) is 0. The minimum Gasteiger partial charge on any atom is -0.496 e. The van der Waals surface area contributed by atoms with Crippen molar-refractivity contribution in [2.75, 3.05) is 12.5 Å². The molecule has 15 heavy (non-hydrogen) atoms. The van der Waals surface area contributed by atoms with Gasteiger partial charge in [0.1, 0.15) is 6.61 Å². The molecule has 0 saturated heterocycles. The van der Waals surface area contributed by atoms with Crippen molar-refractivity contribution >= 4 is 11.6 Å². The fourth-order valence-electron chi connectivity index (χ4n) is 1.26. The molecule has 0 fully saturated rings. The molecule has 4 heteroatoms. The Morgan fingerprint density at radius 2 is 1.93 bits per heavy atom. The van der Waals surface area contributed by atoms with Crippen molar-refractivity contribution in [2.24, 2.45) is 0 Å². The predicted octanol–water partition coefficient (Wildman–Crippen LogP) is 2.93. The molecule has 0 spiro atoms. The second-order valence-electron chi connectivity index (χ2n) is 3.86. The maximum Gasteiger partial charge on any atom is 0.200 e. The fraction of sp³-hybridized carbons (Fsp3) is 0.818. The predicted molar refractivity (Wildman–Crippen MR) is 62.0 cm³/mol. The summed E-state index contributed by atoms with van der Waals surface area (Å²) in [7, 11) is 0. The SMILES string of the molecule is C=COCC(C)(OC(C)C)OC(C)CCl. The molecule has 0 aliphatic carbocycles. The van der Waals surface area contributed by atoms with E-state index in [1.165, 1.54) is 6.26 Å². The summed E-state index contributed by atoms with van der Waals surface area (Å²) in [6.07, 6.45) is 1.35. The first-order valence-corrected chi connectivity index (χ1v) is 5.61. The Bertz CT molecular complexity index is 185. The number of hydrogen-bond acceptors (Lipinski definition) is 3. The molecule has 0 amide bonds. The highest BCUT2D eigenvalue weighted by Crippen LogP contribution is 2.18. The molecule has 0 bridgehead atoms. The van der Waals surface area contributed by atoms with E-state index in [4.69, 9.17) is 25.8 Å². The average Bonchev–Trinajstić information content (AvgIpc) is 2.13. The quantitative estimate of drug-likeness (QED) is 0.369. The highest BCUT2D eigenvalue weighted by Gasteiger charge is 2.30. The lowest BCUT2D eigenvalue weighted by atomic mass is 10.3. The van der Waals surface area contributed by atoms with Crippen molar-refractivity contribution in [3.8, 4) is 0 Å². The Balaban J connectivity index is 4.31. The van der Waals surface area contributed by atoms with Gasteiger partial charge in [-0.1, -0.05) is 6.58 Å². The lowest BCUT2D eigenvalue weighted by Crippen LogP contribution is -2.42. The Morgan fingerprint density at radius 1 is 1.33 bits per heavy atom. The molecule has 0 rings (SSSR count). The molecule has 0 N–H and O–H groups in total. The van der Waals surface area contributed by atoms with E-state index in [-0.39, 0.29) is 12.2 Å². The van der Waals surface area contributed by atoms with Gasteiger partial charge >= 0.3 is 0 Å². The molecule has 0 heterocycles. The topological polar surface area (TPSA) is 27.7 Å². The summed E-state index contributed by atoms with van der Waals surface area (Å²) in [5.41, 5.74) is 0. The van der Waals surface area contributed by atoms with Crippen LogP contribution in [0, 0.1) is 0 Å². The zero-order valence-electron chi connectivity index (χ0n) is 9.96. The maximum absolute atomic E-state index is 5.69. The van der Waals surface area contributed by atoms with Gasteiger partial charge in [-0.3, -0.25) is 0 Å². The number of ether oxygens (including phenoxy) is 3. The zero-order valence-corrected chi connectivity index (χ0v) is 10.7. The van der Waals surface area contributed by atoms with E-state index in [0.717, 1.165) is 0 Å². The lowest BCUT2D eigenvalue weighted by molar-refractivity contribution is -0.272. The molecule has 3 nitrogen and oxygen atoms in total. The smallest absolute Gasteiger partial charge is 0.200 e. The molecule has 90 valence electrons. The van der Waals surface area contributed by atoms with Crippen molar-refractivity contribution in [2.45, 2.75) is 45.7 Å². The Labute approximate surface area is 97.3 Å². The normalized spacial score (nSPS) is 17.2. The zero-order chi connectivity index (χ0) is 11.9. The first-order chi connectivity index (χ1) is 6.93. The second kappa shape index (κ2) is 7.09. The Morgan fingerprint density at radius 3 is 2.33 bits per heavy atom. The van der Waals surface area contributed by atoms with Crippen LogP contribution >= 0.6 is 11.6 Å². The van der Waals surface area contributed by atoms with Crippen LogP contribution < -0.4 is 0 Å². The van der Waals surface area contributed by atoms with Gasteiger partial charge in [-0.05, 0) is 27.7 Å². The number of alkyl halides is 1. The van der Waals surface area contributed by atoms with Crippen LogP contribution in [0.3, 0.4) is 0 Å². The molecule has 0 aromatic heterocycles. The highest BCUT2D eigenvalue weighted by molar-refractivity contribution is 6.18. The first kappa shape index (κ1) is 14.8. The van der Waals surface area contributed by atoms with E-state index in [9.17, 15) is 0 Å². The van der Waals surface area contributed by atoms with E-state index in [0.29, 0.717) is 12.5 Å². The molecule has 0 radical (unpaired) electrons. The van der Waals surface area contributed by atoms with Gasteiger partial charge in [-0.25, -0.2) is 0 Å². The Kier molecular flexibility index (Phi) is 6.98. The molecule has 0 aliphatic rings. The third-order valence-electron chi connectivity index (χ3n) is 1.62. The third-order valence-corrected chi connectivity index (χ3v) is 2.05. The molecule has 2 atom stereocenters. The van der Waals surface area contributed by atoms with E-state index in [1.807, 2.05) is 27.7 Å². The lowest BCUT2D eigenvalue weighted by Gasteiger charge is -2.33. The van der Waals surface area contributed by atoms with Crippen LogP contribution in [0.2, 0.25) is 0 Å². The minimum absolute atomic E-state index is 0.0611. The Hall–Kier alpha value is -0.250. The maximum atomic E-state index is 5.69. The summed E-state index contributed by atoms with van der Waals surface area (Å²) in [6.45, 7) is 11.4. The van der Waals surface area contributed by atoms with E-state index in [1.54, 1.807) is 0 Å². The van der Waals surface area contributed by atoms with Gasteiger partial charge in [-0.2, -0.15) is 0 Å². The van der Waals surface area contributed by atoms with Crippen LogP contribution in [0.4, 0.5) is 0 Å². The highest BCUT2D eigenvalue weighted by atomic mass is 35.5. The average molecular weight is 237 g/mol. The summed E-state index contributed by atoms with van der Waals surface area (Å²) in [6, 6.07) is 0. The summed E-state index contributed by atoms with van der Waals surface area (Å²) in [4.78, 5) is 0. The molecule has 0 saturated carbocycles. The molecule has 0 aliphatic heterocycles. The van der Waals surface area contributed by atoms with E-state index >= 15 is 0 Å². The van der Waals surface area contributed by atoms with Gasteiger partial charge in [-0.15, -0.1) is 11.6 Å². The van der Waals surface area contributed by atoms with Crippen molar-refractivity contribution in [1.29, 1.82) is 0 Å². The van der Waals surface area contributed by atoms with Gasteiger partial charge in [0.2, 0.25) is 0 Å². The van der Waals surface area contributed by atoms with Crippen LogP contribution in [-0.2, 0) is 14.2 Å². The summed E-state index contributed by atoms with van der Waals surface area (Å²) in [5.74, 6) is -0.359. The van der Waals surface area contributed by atoms with Crippen LogP contribution in [0.1, 0.15) is 27.7 Å². The van der Waals surface area contributed by atoms with Gasteiger partial charge in [0.15, 0.2) is 5.79 Å². The molecule has 0 aromatic carbocycles. The van der Waals surface area contributed by atoms with Gasteiger partial charge in [0.25, 0.3) is 0 Å². The van der Waals surface area contributed by atoms with Crippen molar-refractivity contribution < 1.29 is 14.2 Å². The van der Waals surface area contributed by atoms with Crippen molar-refractivity contribution in [1.82, 2.24) is 0 Å². The monoisotopic (exact) mass is 236 g/mol. The number of halogens is 1. The number of hydrogen-bond donors (Lipinski definition) is 0. The number of rotatable bonds is 8. The van der Waals surface area contributed by atoms with Crippen LogP contribution in [-0.4, -0.2) is 30.5 Å². The largest absolute Gasteiger partial charge is 0.496 e. The molecular formula is C11H21ClO3. The summed E-state index contributed by atoms with van der Waals surface area (Å²) < 4.78 is 16.4. The van der Waals surface area contributed by atoms with Crippen LogP contribution in [0.5, 0.6) is 0 Å². The molecule has 2 unspecified atom stereocenters. The van der Waals surface area contributed by atoms with Gasteiger partial charge in [0.05, 0.1) is 18.5 Å². The van der Waals surface area contributed by atoms with E-state index < -0.39 is 5.79 Å². The van der Waals surface area contributed by atoms with Gasteiger partial charge in [0, 0.05) is 5.88 Å². The fourth-order valence-corrected chi connectivity index (χ4v) is 1.32. The summed E-state index contributed by atoms with van der Waals surface area (Å²) >= 11 is 5.69. The second-order valence-corrected chi connectivity index (χ2v) is 4.17.